The molecule has 0 radical (unpaired) electrons. The second-order valence-corrected chi connectivity index (χ2v) is 10.3. The van der Waals surface area contributed by atoms with Crippen molar-refractivity contribution in [1.82, 2.24) is 9.97 Å². The first kappa shape index (κ1) is 27.8. The lowest BCUT2D eigenvalue weighted by atomic mass is 10.1. The van der Waals surface area contributed by atoms with Crippen molar-refractivity contribution < 1.29 is 22.8 Å². The molecule has 41 heavy (non-hydrogen) atoms. The quantitative estimate of drug-likeness (QED) is 0.182. The van der Waals surface area contributed by atoms with Gasteiger partial charge in [0.15, 0.2) is 5.13 Å². The number of aryl methyl sites for hydroxylation is 1. The molecule has 0 saturated carbocycles. The first-order valence-corrected chi connectivity index (χ1v) is 13.4. The van der Waals surface area contributed by atoms with Gasteiger partial charge in [0.05, 0.1) is 15.8 Å². The fourth-order valence-electron chi connectivity index (χ4n) is 4.07. The second-order valence-electron chi connectivity index (χ2n) is 9.26. The van der Waals surface area contributed by atoms with Crippen LogP contribution in [0.4, 0.5) is 29.7 Å². The molecule has 11 heteroatoms. The summed E-state index contributed by atoms with van der Waals surface area (Å²) in [6.07, 6.45) is -0.195. The monoisotopic (exact) mass is 575 g/mol. The van der Waals surface area contributed by atoms with Crippen molar-refractivity contribution in [2.24, 2.45) is 0 Å². The molecule has 0 fully saturated rings. The molecule has 0 bridgehead atoms. The van der Waals surface area contributed by atoms with E-state index in [1.165, 1.54) is 23.5 Å². The molecule has 3 N–H and O–H groups in total. The van der Waals surface area contributed by atoms with Crippen LogP contribution in [0.2, 0.25) is 0 Å². The van der Waals surface area contributed by atoms with Crippen LogP contribution in [-0.2, 0) is 12.6 Å². The second kappa shape index (κ2) is 11.8. The van der Waals surface area contributed by atoms with Gasteiger partial charge in [0, 0.05) is 41.4 Å². The molecular weight excluding hydrogens is 551 g/mol. The maximum Gasteiger partial charge on any atom is 0.416 e. The van der Waals surface area contributed by atoms with Crippen LogP contribution in [0.25, 0.3) is 10.2 Å². The molecule has 0 aliphatic rings. The molecule has 0 saturated heterocycles. The lowest BCUT2D eigenvalue weighted by Crippen LogP contribution is -2.15. The number of carbonyl (C=O) groups excluding carboxylic acids is 2. The van der Waals surface area contributed by atoms with E-state index in [0.717, 1.165) is 45.0 Å². The maximum atomic E-state index is 13.1. The van der Waals surface area contributed by atoms with Gasteiger partial charge in [-0.25, -0.2) is 4.98 Å². The Morgan fingerprint density at radius 3 is 2.49 bits per heavy atom. The minimum absolute atomic E-state index is 0.130. The number of hydrogen-bond acceptors (Lipinski definition) is 6. The van der Waals surface area contributed by atoms with E-state index < -0.39 is 17.6 Å². The van der Waals surface area contributed by atoms with Gasteiger partial charge < -0.3 is 16.0 Å². The largest absolute Gasteiger partial charge is 0.416 e. The van der Waals surface area contributed by atoms with Gasteiger partial charge in [0.1, 0.15) is 0 Å². The summed E-state index contributed by atoms with van der Waals surface area (Å²) in [5.41, 5.74) is 2.81. The summed E-state index contributed by atoms with van der Waals surface area (Å²) in [7, 11) is 0. The molecule has 3 aromatic carbocycles. The van der Waals surface area contributed by atoms with Gasteiger partial charge in [-0.15, -0.1) is 0 Å². The number of benzene rings is 3. The molecule has 208 valence electrons. The van der Waals surface area contributed by atoms with Gasteiger partial charge in [-0.3, -0.25) is 14.6 Å². The van der Waals surface area contributed by atoms with Gasteiger partial charge in [-0.05, 0) is 79.1 Å². The van der Waals surface area contributed by atoms with E-state index in [4.69, 9.17) is 0 Å². The predicted molar refractivity (Wildman–Crippen MR) is 155 cm³/mol. The molecule has 0 aliphatic heterocycles. The van der Waals surface area contributed by atoms with Crippen LogP contribution in [0.15, 0.2) is 85.2 Å². The standard InChI is InChI=1S/C30H24F3N5O2S/c1-18-7-9-23(36-27(39)20-5-2-6-22(14-20)30(31,32)33)16-25(18)37-28(40)21-8-10-24-26(15-21)41-29(38-24)35-13-11-19-4-3-12-34-17-19/h2-10,12,14-17H,11,13H2,1H3,(H,35,38)(H,36,39)(H,37,40). The van der Waals surface area contributed by atoms with E-state index in [1.807, 2.05) is 18.3 Å². The molecule has 7 nitrogen and oxygen atoms in total. The Labute approximate surface area is 237 Å². The number of nitrogens with zero attached hydrogens (tertiary/aromatic N) is 2. The summed E-state index contributed by atoms with van der Waals surface area (Å²) in [6.45, 7) is 2.49. The molecule has 2 aromatic heterocycles. The van der Waals surface area contributed by atoms with Crippen molar-refractivity contribution in [2.75, 3.05) is 22.5 Å². The average molecular weight is 576 g/mol. The summed E-state index contributed by atoms with van der Waals surface area (Å²) < 4.78 is 39.9. The Bertz CT molecular complexity index is 1720. The fraction of sp³-hybridized carbons (Fsp3) is 0.133. The van der Waals surface area contributed by atoms with Crippen LogP contribution in [0.1, 0.15) is 37.4 Å². The third-order valence-corrected chi connectivity index (χ3v) is 7.23. The molecule has 0 unspecified atom stereocenters. The topological polar surface area (TPSA) is 96.0 Å². The van der Waals surface area contributed by atoms with E-state index in [-0.39, 0.29) is 11.5 Å². The minimum Gasteiger partial charge on any atom is -0.361 e. The first-order chi connectivity index (χ1) is 19.7. The van der Waals surface area contributed by atoms with Gasteiger partial charge in [0.2, 0.25) is 0 Å². The van der Waals surface area contributed by atoms with Gasteiger partial charge >= 0.3 is 6.18 Å². The normalized spacial score (nSPS) is 11.3. The van der Waals surface area contributed by atoms with Gasteiger partial charge in [-0.1, -0.05) is 29.5 Å². The van der Waals surface area contributed by atoms with Crippen molar-refractivity contribution in [3.05, 3.63) is 113 Å². The highest BCUT2D eigenvalue weighted by Gasteiger charge is 2.31. The molecule has 5 rings (SSSR count). The zero-order chi connectivity index (χ0) is 29.0. The molecule has 0 atom stereocenters. The summed E-state index contributed by atoms with van der Waals surface area (Å²) in [6, 6.07) is 18.2. The van der Waals surface area contributed by atoms with Crippen molar-refractivity contribution in [3.63, 3.8) is 0 Å². The summed E-state index contributed by atoms with van der Waals surface area (Å²) in [4.78, 5) is 34.4. The van der Waals surface area contributed by atoms with Crippen molar-refractivity contribution in [2.45, 2.75) is 19.5 Å². The molecular formula is C30H24F3N5O2S. The summed E-state index contributed by atoms with van der Waals surface area (Å²) in [5.74, 6) is -1.05. The van der Waals surface area contributed by atoms with Crippen LogP contribution in [0, 0.1) is 6.92 Å². The Hall–Kier alpha value is -4.77. The Morgan fingerprint density at radius 2 is 1.71 bits per heavy atom. The number of pyridine rings is 1. The fourth-order valence-corrected chi connectivity index (χ4v) is 5.00. The van der Waals surface area contributed by atoms with Crippen LogP contribution >= 0.6 is 11.3 Å². The van der Waals surface area contributed by atoms with Crippen LogP contribution in [0.5, 0.6) is 0 Å². The van der Waals surface area contributed by atoms with Gasteiger partial charge in [0.25, 0.3) is 11.8 Å². The third-order valence-electron chi connectivity index (χ3n) is 6.26. The number of amides is 2. The third kappa shape index (κ3) is 6.87. The summed E-state index contributed by atoms with van der Waals surface area (Å²) >= 11 is 1.45. The molecule has 0 spiro atoms. The van der Waals surface area contributed by atoms with Gasteiger partial charge in [-0.2, -0.15) is 13.2 Å². The lowest BCUT2D eigenvalue weighted by molar-refractivity contribution is -0.137. The van der Waals surface area contributed by atoms with Crippen LogP contribution < -0.4 is 16.0 Å². The number of anilines is 3. The highest BCUT2D eigenvalue weighted by atomic mass is 32.1. The number of alkyl halides is 3. The number of thiazole rings is 1. The summed E-state index contributed by atoms with van der Waals surface area (Å²) in [5, 5.41) is 9.52. The molecule has 2 heterocycles. The number of hydrogen-bond donors (Lipinski definition) is 3. The average Bonchev–Trinajstić information content (AvgIpc) is 3.37. The van der Waals surface area contributed by atoms with E-state index in [1.54, 1.807) is 49.5 Å². The number of rotatable bonds is 8. The molecule has 5 aromatic rings. The van der Waals surface area contributed by atoms with Crippen LogP contribution in [0.3, 0.4) is 0 Å². The van der Waals surface area contributed by atoms with E-state index >= 15 is 0 Å². The molecule has 2 amide bonds. The predicted octanol–water partition coefficient (Wildman–Crippen LogP) is 7.18. The van der Waals surface area contributed by atoms with E-state index in [0.29, 0.717) is 23.5 Å². The highest BCUT2D eigenvalue weighted by molar-refractivity contribution is 7.22. The number of nitrogens with one attached hydrogen (secondary N) is 3. The Balaban J connectivity index is 1.25. The van der Waals surface area contributed by atoms with E-state index in [9.17, 15) is 22.8 Å². The zero-order valence-corrected chi connectivity index (χ0v) is 22.6. The van der Waals surface area contributed by atoms with Crippen molar-refractivity contribution in [1.29, 1.82) is 0 Å². The Kier molecular flexibility index (Phi) is 7.97. The molecule has 0 aliphatic carbocycles. The minimum atomic E-state index is -4.56. The smallest absolute Gasteiger partial charge is 0.361 e. The highest BCUT2D eigenvalue weighted by Crippen LogP contribution is 2.30. The number of aromatic nitrogens is 2. The van der Waals surface area contributed by atoms with Crippen molar-refractivity contribution >= 4 is 49.9 Å². The lowest BCUT2D eigenvalue weighted by Gasteiger charge is -2.13. The number of fused-ring (bicyclic) bond motifs is 1. The van der Waals surface area contributed by atoms with Crippen LogP contribution in [-0.4, -0.2) is 28.3 Å². The SMILES string of the molecule is Cc1ccc(NC(=O)c2cccc(C(F)(F)F)c2)cc1NC(=O)c1ccc2nc(NCCc3cccnc3)sc2c1. The zero-order valence-electron chi connectivity index (χ0n) is 21.8. The number of halogens is 3. The Morgan fingerprint density at radius 1 is 0.902 bits per heavy atom. The van der Waals surface area contributed by atoms with E-state index in [2.05, 4.69) is 25.9 Å². The first-order valence-electron chi connectivity index (χ1n) is 12.6. The number of carbonyl (C=O) groups is 2. The van der Waals surface area contributed by atoms with Crippen molar-refractivity contribution in [3.8, 4) is 0 Å². The maximum absolute atomic E-state index is 13.1.